The zero-order chi connectivity index (χ0) is 13.1. The molecule has 0 atom stereocenters. The van der Waals surface area contributed by atoms with E-state index in [0.29, 0.717) is 17.1 Å². The van der Waals surface area contributed by atoms with E-state index in [4.69, 9.17) is 4.74 Å². The quantitative estimate of drug-likeness (QED) is 0.776. The number of hydrogen-bond acceptors (Lipinski definition) is 3. The molecule has 4 heteroatoms. The number of carbonyl (C=O) groups is 1. The van der Waals surface area contributed by atoms with Crippen molar-refractivity contribution in [3.63, 3.8) is 0 Å². The topological polar surface area (TPSA) is 39.2 Å². The van der Waals surface area contributed by atoms with Gasteiger partial charge >= 0.3 is 0 Å². The summed E-state index contributed by atoms with van der Waals surface area (Å²) in [4.78, 5) is 15.4. The second kappa shape index (κ2) is 4.96. The lowest BCUT2D eigenvalue weighted by molar-refractivity contribution is 0.101. The Kier molecular flexibility index (Phi) is 3.37. The van der Waals surface area contributed by atoms with E-state index in [1.165, 1.54) is 25.3 Å². The Balaban J connectivity index is 2.43. The molecule has 0 spiro atoms. The predicted octanol–water partition coefficient (Wildman–Crippen LogP) is 3.52. The van der Waals surface area contributed by atoms with Crippen LogP contribution in [-0.4, -0.2) is 10.8 Å². The lowest BCUT2D eigenvalue weighted by Crippen LogP contribution is -2.00. The molecule has 0 aliphatic rings. The van der Waals surface area contributed by atoms with E-state index in [0.717, 1.165) is 0 Å². The van der Waals surface area contributed by atoms with Gasteiger partial charge in [-0.05, 0) is 43.7 Å². The zero-order valence-electron chi connectivity index (χ0n) is 10.1. The molecule has 0 aliphatic carbocycles. The number of ketones is 1. The zero-order valence-corrected chi connectivity index (χ0v) is 10.1. The summed E-state index contributed by atoms with van der Waals surface area (Å²) < 4.78 is 19.0. The van der Waals surface area contributed by atoms with E-state index >= 15 is 0 Å². The summed E-state index contributed by atoms with van der Waals surface area (Å²) in [7, 11) is 0. The Labute approximate surface area is 104 Å². The largest absolute Gasteiger partial charge is 0.455 e. The van der Waals surface area contributed by atoms with Crippen molar-refractivity contribution in [1.29, 1.82) is 0 Å². The molecule has 1 aromatic carbocycles. The normalized spacial score (nSPS) is 10.2. The first-order valence-corrected chi connectivity index (χ1v) is 5.47. The van der Waals surface area contributed by atoms with Crippen molar-refractivity contribution in [1.82, 2.24) is 4.98 Å². The molecule has 18 heavy (non-hydrogen) atoms. The van der Waals surface area contributed by atoms with Crippen LogP contribution in [0, 0.1) is 12.7 Å². The van der Waals surface area contributed by atoms with Crippen LogP contribution in [0.15, 0.2) is 36.7 Å². The van der Waals surface area contributed by atoms with Crippen LogP contribution in [0.5, 0.6) is 11.5 Å². The van der Waals surface area contributed by atoms with Gasteiger partial charge in [0.05, 0.1) is 11.8 Å². The predicted molar refractivity (Wildman–Crippen MR) is 65.5 cm³/mol. The molecule has 2 aromatic rings. The standard InChI is InChI=1S/C14H12FNO2/c1-9-6-14(12(10(2)17)7-13(9)15)18-11-4-3-5-16-8-11/h3-8H,1-2H3. The molecule has 1 aromatic heterocycles. The molecule has 0 N–H and O–H groups in total. The molecule has 0 bridgehead atoms. The Morgan fingerprint density at radius 1 is 1.39 bits per heavy atom. The molecule has 2 rings (SSSR count). The van der Waals surface area contributed by atoms with Crippen LogP contribution in [0.4, 0.5) is 4.39 Å². The van der Waals surface area contributed by atoms with Crippen LogP contribution in [0.25, 0.3) is 0 Å². The minimum Gasteiger partial charge on any atom is -0.455 e. The third kappa shape index (κ3) is 2.53. The van der Waals surface area contributed by atoms with Crippen molar-refractivity contribution in [3.8, 4) is 11.5 Å². The number of hydrogen-bond donors (Lipinski definition) is 0. The Bertz CT molecular complexity index is 582. The van der Waals surface area contributed by atoms with Crippen molar-refractivity contribution in [2.24, 2.45) is 0 Å². The molecule has 0 aliphatic heterocycles. The maximum atomic E-state index is 13.4. The molecule has 3 nitrogen and oxygen atoms in total. The number of pyridine rings is 1. The van der Waals surface area contributed by atoms with Gasteiger partial charge in [-0.25, -0.2) is 4.39 Å². The number of ether oxygens (including phenoxy) is 1. The van der Waals surface area contributed by atoms with Gasteiger partial charge in [-0.3, -0.25) is 9.78 Å². The van der Waals surface area contributed by atoms with E-state index in [9.17, 15) is 9.18 Å². The average Bonchev–Trinajstić information content (AvgIpc) is 2.34. The lowest BCUT2D eigenvalue weighted by Gasteiger charge is -2.10. The highest BCUT2D eigenvalue weighted by Gasteiger charge is 2.13. The van der Waals surface area contributed by atoms with Gasteiger partial charge in [0.2, 0.25) is 0 Å². The SMILES string of the molecule is CC(=O)c1cc(F)c(C)cc1Oc1cccnc1. The highest BCUT2D eigenvalue weighted by atomic mass is 19.1. The van der Waals surface area contributed by atoms with Gasteiger partial charge in [-0.15, -0.1) is 0 Å². The number of aromatic nitrogens is 1. The Morgan fingerprint density at radius 2 is 2.17 bits per heavy atom. The van der Waals surface area contributed by atoms with E-state index in [1.807, 2.05) is 0 Å². The summed E-state index contributed by atoms with van der Waals surface area (Å²) in [5.41, 5.74) is 0.654. The molecule has 0 amide bonds. The van der Waals surface area contributed by atoms with Gasteiger partial charge in [0, 0.05) is 6.20 Å². The van der Waals surface area contributed by atoms with E-state index in [1.54, 1.807) is 25.3 Å². The fourth-order valence-electron chi connectivity index (χ4n) is 1.55. The summed E-state index contributed by atoms with van der Waals surface area (Å²) in [6.07, 6.45) is 3.15. The number of Topliss-reactive ketones (excluding diaryl/α,β-unsaturated/α-hetero) is 1. The van der Waals surface area contributed by atoms with Gasteiger partial charge in [0.15, 0.2) is 5.78 Å². The summed E-state index contributed by atoms with van der Waals surface area (Å²) in [6, 6.07) is 6.15. The summed E-state index contributed by atoms with van der Waals surface area (Å²) in [5, 5.41) is 0. The van der Waals surface area contributed by atoms with Gasteiger partial charge in [0.1, 0.15) is 17.3 Å². The maximum absolute atomic E-state index is 13.4. The fourth-order valence-corrected chi connectivity index (χ4v) is 1.55. The average molecular weight is 245 g/mol. The molecule has 0 radical (unpaired) electrons. The van der Waals surface area contributed by atoms with Gasteiger partial charge in [-0.1, -0.05) is 0 Å². The van der Waals surface area contributed by atoms with Crippen LogP contribution >= 0.6 is 0 Å². The molecule has 0 saturated heterocycles. The monoisotopic (exact) mass is 245 g/mol. The molecule has 1 heterocycles. The minimum absolute atomic E-state index is 0.224. The number of aryl methyl sites for hydroxylation is 1. The van der Waals surface area contributed by atoms with Crippen LogP contribution in [-0.2, 0) is 0 Å². The number of nitrogens with zero attached hydrogens (tertiary/aromatic N) is 1. The third-order valence-corrected chi connectivity index (χ3v) is 2.50. The Morgan fingerprint density at radius 3 is 2.78 bits per heavy atom. The minimum atomic E-state index is -0.418. The summed E-state index contributed by atoms with van der Waals surface area (Å²) in [5.74, 6) is 0.187. The van der Waals surface area contributed by atoms with Crippen LogP contribution in [0.3, 0.4) is 0 Å². The smallest absolute Gasteiger partial charge is 0.163 e. The van der Waals surface area contributed by atoms with E-state index in [-0.39, 0.29) is 11.3 Å². The molecule has 0 unspecified atom stereocenters. The first-order valence-electron chi connectivity index (χ1n) is 5.47. The fraction of sp³-hybridized carbons (Fsp3) is 0.143. The van der Waals surface area contributed by atoms with Crippen LogP contribution in [0.2, 0.25) is 0 Å². The number of halogens is 1. The van der Waals surface area contributed by atoms with Crippen molar-refractivity contribution < 1.29 is 13.9 Å². The maximum Gasteiger partial charge on any atom is 0.163 e. The molecule has 0 fully saturated rings. The second-order valence-corrected chi connectivity index (χ2v) is 3.94. The third-order valence-electron chi connectivity index (χ3n) is 2.50. The van der Waals surface area contributed by atoms with E-state index < -0.39 is 5.82 Å². The first kappa shape index (κ1) is 12.2. The molecule has 0 saturated carbocycles. The Hall–Kier alpha value is -2.23. The number of benzene rings is 1. The van der Waals surface area contributed by atoms with Crippen LogP contribution in [0.1, 0.15) is 22.8 Å². The van der Waals surface area contributed by atoms with Crippen LogP contribution < -0.4 is 4.74 Å². The highest BCUT2D eigenvalue weighted by molar-refractivity contribution is 5.97. The number of rotatable bonds is 3. The highest BCUT2D eigenvalue weighted by Crippen LogP contribution is 2.27. The van der Waals surface area contributed by atoms with Crippen molar-refractivity contribution in [2.75, 3.05) is 0 Å². The van der Waals surface area contributed by atoms with Crippen molar-refractivity contribution in [3.05, 3.63) is 53.6 Å². The van der Waals surface area contributed by atoms with E-state index in [2.05, 4.69) is 4.98 Å². The van der Waals surface area contributed by atoms with Gasteiger partial charge in [-0.2, -0.15) is 0 Å². The number of carbonyl (C=O) groups excluding carboxylic acids is 1. The lowest BCUT2D eigenvalue weighted by atomic mass is 10.1. The van der Waals surface area contributed by atoms with Crippen molar-refractivity contribution in [2.45, 2.75) is 13.8 Å². The summed E-state index contributed by atoms with van der Waals surface area (Å²) >= 11 is 0. The molecule has 92 valence electrons. The molecular formula is C14H12FNO2. The second-order valence-electron chi connectivity index (χ2n) is 3.94. The summed E-state index contributed by atoms with van der Waals surface area (Å²) in [6.45, 7) is 3.00. The molecular weight excluding hydrogens is 233 g/mol. The van der Waals surface area contributed by atoms with Gasteiger partial charge < -0.3 is 4.74 Å². The van der Waals surface area contributed by atoms with Crippen molar-refractivity contribution >= 4 is 5.78 Å². The van der Waals surface area contributed by atoms with Gasteiger partial charge in [0.25, 0.3) is 0 Å². The first-order chi connectivity index (χ1) is 8.58.